The zero-order chi connectivity index (χ0) is 15.2. The summed E-state index contributed by atoms with van der Waals surface area (Å²) in [5, 5.41) is 5.68. The van der Waals surface area contributed by atoms with E-state index in [0.717, 1.165) is 18.2 Å². The molecule has 1 amide bonds. The lowest BCUT2D eigenvalue weighted by Gasteiger charge is -2.07. The van der Waals surface area contributed by atoms with Crippen molar-refractivity contribution in [1.82, 2.24) is 5.32 Å². The molecule has 0 aliphatic carbocycles. The fourth-order valence-electron chi connectivity index (χ4n) is 1.97. The van der Waals surface area contributed by atoms with Crippen LogP contribution in [0.1, 0.15) is 11.1 Å². The Morgan fingerprint density at radius 1 is 1.10 bits per heavy atom. The molecule has 3 nitrogen and oxygen atoms in total. The molecular formula is C16H16F2N2O. The minimum Gasteiger partial charge on any atom is -0.326 e. The first kappa shape index (κ1) is 15.1. The summed E-state index contributed by atoms with van der Waals surface area (Å²) < 4.78 is 26.5. The smallest absolute Gasteiger partial charge is 0.228 e. The Morgan fingerprint density at radius 3 is 2.48 bits per heavy atom. The first-order valence-electron chi connectivity index (χ1n) is 6.56. The number of hydrogen-bond acceptors (Lipinski definition) is 2. The minimum absolute atomic E-state index is 0.0410. The lowest BCUT2D eigenvalue weighted by Crippen LogP contribution is -2.15. The molecule has 0 aliphatic rings. The topological polar surface area (TPSA) is 41.1 Å². The van der Waals surface area contributed by atoms with Crippen molar-refractivity contribution in [3.05, 3.63) is 65.2 Å². The average molecular weight is 290 g/mol. The monoisotopic (exact) mass is 290 g/mol. The third kappa shape index (κ3) is 4.10. The summed E-state index contributed by atoms with van der Waals surface area (Å²) >= 11 is 0. The van der Waals surface area contributed by atoms with E-state index >= 15 is 0 Å². The highest BCUT2D eigenvalue weighted by atomic mass is 19.2. The number of rotatable bonds is 5. The predicted molar refractivity (Wildman–Crippen MR) is 77.9 cm³/mol. The Morgan fingerprint density at radius 2 is 1.81 bits per heavy atom. The molecule has 0 atom stereocenters. The Hall–Kier alpha value is -2.27. The van der Waals surface area contributed by atoms with Gasteiger partial charge in [-0.25, -0.2) is 8.78 Å². The molecule has 0 heterocycles. The molecule has 0 aliphatic heterocycles. The lowest BCUT2D eigenvalue weighted by molar-refractivity contribution is -0.115. The molecule has 5 heteroatoms. The van der Waals surface area contributed by atoms with Gasteiger partial charge in [0, 0.05) is 17.8 Å². The molecule has 0 radical (unpaired) electrons. The van der Waals surface area contributed by atoms with E-state index in [1.165, 1.54) is 12.1 Å². The molecule has 0 aromatic heterocycles. The SMILES string of the molecule is CNCc1ccc(NC(=O)Cc2cccc(F)c2F)cc1. The Labute approximate surface area is 122 Å². The summed E-state index contributed by atoms with van der Waals surface area (Å²) in [6, 6.07) is 11.1. The quantitative estimate of drug-likeness (QED) is 0.889. The van der Waals surface area contributed by atoms with E-state index in [1.54, 1.807) is 12.1 Å². The van der Waals surface area contributed by atoms with Crippen LogP contribution in [0.25, 0.3) is 0 Å². The molecular weight excluding hydrogens is 274 g/mol. The fourth-order valence-corrected chi connectivity index (χ4v) is 1.97. The van der Waals surface area contributed by atoms with Gasteiger partial charge in [-0.2, -0.15) is 0 Å². The van der Waals surface area contributed by atoms with Crippen LogP contribution in [-0.2, 0) is 17.8 Å². The average Bonchev–Trinajstić information content (AvgIpc) is 2.46. The van der Waals surface area contributed by atoms with E-state index in [2.05, 4.69) is 10.6 Å². The minimum atomic E-state index is -0.975. The molecule has 0 saturated carbocycles. The van der Waals surface area contributed by atoms with Crippen LogP contribution in [0.2, 0.25) is 0 Å². The normalized spacial score (nSPS) is 10.4. The molecule has 2 aromatic carbocycles. The number of carbonyl (C=O) groups is 1. The molecule has 110 valence electrons. The number of amides is 1. The zero-order valence-corrected chi connectivity index (χ0v) is 11.6. The molecule has 2 rings (SSSR count). The largest absolute Gasteiger partial charge is 0.326 e. The highest BCUT2D eigenvalue weighted by molar-refractivity contribution is 5.92. The van der Waals surface area contributed by atoms with Crippen molar-refractivity contribution >= 4 is 11.6 Å². The number of hydrogen-bond donors (Lipinski definition) is 2. The van der Waals surface area contributed by atoms with Gasteiger partial charge >= 0.3 is 0 Å². The van der Waals surface area contributed by atoms with Gasteiger partial charge in [0.05, 0.1) is 6.42 Å². The Bertz CT molecular complexity index is 627. The van der Waals surface area contributed by atoms with Crippen LogP contribution in [0.3, 0.4) is 0 Å². The van der Waals surface area contributed by atoms with Gasteiger partial charge in [0.1, 0.15) is 0 Å². The van der Waals surface area contributed by atoms with Crippen molar-refractivity contribution in [2.75, 3.05) is 12.4 Å². The summed E-state index contributed by atoms with van der Waals surface area (Å²) in [6.45, 7) is 0.739. The van der Waals surface area contributed by atoms with Gasteiger partial charge < -0.3 is 10.6 Å². The van der Waals surface area contributed by atoms with Crippen LogP contribution in [-0.4, -0.2) is 13.0 Å². The Kier molecular flexibility index (Phi) is 5.00. The van der Waals surface area contributed by atoms with Gasteiger partial charge in [-0.15, -0.1) is 0 Å². The number of anilines is 1. The van der Waals surface area contributed by atoms with E-state index in [1.807, 2.05) is 19.2 Å². The predicted octanol–water partition coefficient (Wildman–Crippen LogP) is 2.87. The molecule has 0 spiro atoms. The maximum atomic E-state index is 13.5. The van der Waals surface area contributed by atoms with Crippen LogP contribution in [0.15, 0.2) is 42.5 Å². The van der Waals surface area contributed by atoms with Crippen molar-refractivity contribution in [3.63, 3.8) is 0 Å². The molecule has 21 heavy (non-hydrogen) atoms. The van der Waals surface area contributed by atoms with Crippen LogP contribution < -0.4 is 10.6 Å². The van der Waals surface area contributed by atoms with Crippen molar-refractivity contribution < 1.29 is 13.6 Å². The first-order chi connectivity index (χ1) is 10.1. The second-order valence-corrected chi connectivity index (χ2v) is 4.67. The summed E-state index contributed by atoms with van der Waals surface area (Å²) in [7, 11) is 1.85. The van der Waals surface area contributed by atoms with E-state index in [-0.39, 0.29) is 17.9 Å². The van der Waals surface area contributed by atoms with Gasteiger partial charge in [-0.05, 0) is 30.8 Å². The Balaban J connectivity index is 1.99. The van der Waals surface area contributed by atoms with Crippen LogP contribution in [0.5, 0.6) is 0 Å². The third-order valence-corrected chi connectivity index (χ3v) is 3.00. The van der Waals surface area contributed by atoms with Gasteiger partial charge in [-0.3, -0.25) is 4.79 Å². The van der Waals surface area contributed by atoms with E-state index < -0.39 is 11.6 Å². The number of benzene rings is 2. The zero-order valence-electron chi connectivity index (χ0n) is 11.6. The molecule has 0 fully saturated rings. The highest BCUT2D eigenvalue weighted by Crippen LogP contribution is 2.14. The number of halogens is 2. The summed E-state index contributed by atoms with van der Waals surface area (Å²) in [5.41, 5.74) is 1.75. The second-order valence-electron chi connectivity index (χ2n) is 4.67. The lowest BCUT2D eigenvalue weighted by atomic mass is 10.1. The third-order valence-electron chi connectivity index (χ3n) is 3.00. The van der Waals surface area contributed by atoms with E-state index in [0.29, 0.717) is 5.69 Å². The first-order valence-corrected chi connectivity index (χ1v) is 6.56. The highest BCUT2D eigenvalue weighted by Gasteiger charge is 2.11. The number of carbonyl (C=O) groups excluding carboxylic acids is 1. The second kappa shape index (κ2) is 6.95. The molecule has 2 aromatic rings. The van der Waals surface area contributed by atoms with Gasteiger partial charge in [0.2, 0.25) is 5.91 Å². The number of nitrogens with one attached hydrogen (secondary N) is 2. The van der Waals surface area contributed by atoms with Crippen molar-refractivity contribution in [1.29, 1.82) is 0 Å². The summed E-state index contributed by atoms with van der Waals surface area (Å²) in [4.78, 5) is 11.8. The van der Waals surface area contributed by atoms with Crippen molar-refractivity contribution in [2.24, 2.45) is 0 Å². The summed E-state index contributed by atoms with van der Waals surface area (Å²) in [5.74, 6) is -2.31. The molecule has 0 bridgehead atoms. The van der Waals surface area contributed by atoms with Crippen LogP contribution in [0, 0.1) is 11.6 Å². The fraction of sp³-hybridized carbons (Fsp3) is 0.188. The maximum Gasteiger partial charge on any atom is 0.228 e. The van der Waals surface area contributed by atoms with Gasteiger partial charge in [0.25, 0.3) is 0 Å². The van der Waals surface area contributed by atoms with E-state index in [4.69, 9.17) is 0 Å². The molecule has 2 N–H and O–H groups in total. The summed E-state index contributed by atoms with van der Waals surface area (Å²) in [6.07, 6.45) is -0.206. The standard InChI is InChI=1S/C16H16F2N2O/c1-19-10-11-5-7-13(8-6-11)20-15(21)9-12-3-2-4-14(17)16(12)18/h2-8,19H,9-10H2,1H3,(H,20,21). The van der Waals surface area contributed by atoms with E-state index in [9.17, 15) is 13.6 Å². The van der Waals surface area contributed by atoms with Crippen molar-refractivity contribution in [2.45, 2.75) is 13.0 Å². The van der Waals surface area contributed by atoms with Crippen LogP contribution >= 0.6 is 0 Å². The van der Waals surface area contributed by atoms with Crippen LogP contribution in [0.4, 0.5) is 14.5 Å². The molecule has 0 saturated heterocycles. The molecule has 0 unspecified atom stereocenters. The van der Waals surface area contributed by atoms with Gasteiger partial charge in [-0.1, -0.05) is 24.3 Å². The van der Waals surface area contributed by atoms with Gasteiger partial charge in [0.15, 0.2) is 11.6 Å². The van der Waals surface area contributed by atoms with Crippen molar-refractivity contribution in [3.8, 4) is 0 Å². The maximum absolute atomic E-state index is 13.5.